The Morgan fingerprint density at radius 3 is 2.72 bits per heavy atom. The number of piperazine rings is 1. The molecule has 0 bridgehead atoms. The quantitative estimate of drug-likeness (QED) is 0.832. The fourth-order valence-corrected chi connectivity index (χ4v) is 2.32. The van der Waals surface area contributed by atoms with E-state index in [-0.39, 0.29) is 12.5 Å². The lowest BCUT2D eigenvalue weighted by molar-refractivity contribution is -0.131. The van der Waals surface area contributed by atoms with E-state index in [1.54, 1.807) is 6.20 Å². The van der Waals surface area contributed by atoms with Crippen LogP contribution in [0.4, 0.5) is 0 Å². The van der Waals surface area contributed by atoms with Gasteiger partial charge in [0, 0.05) is 44.6 Å². The van der Waals surface area contributed by atoms with Crippen LogP contribution in [0.1, 0.15) is 18.5 Å². The van der Waals surface area contributed by atoms with Gasteiger partial charge in [-0.3, -0.25) is 14.7 Å². The van der Waals surface area contributed by atoms with Crippen molar-refractivity contribution < 1.29 is 4.79 Å². The second-order valence-corrected chi connectivity index (χ2v) is 4.58. The second-order valence-electron chi connectivity index (χ2n) is 4.58. The molecule has 1 saturated heterocycles. The lowest BCUT2D eigenvalue weighted by Gasteiger charge is -2.38. The molecule has 0 aromatic carbocycles. The van der Waals surface area contributed by atoms with E-state index in [4.69, 9.17) is 5.73 Å². The normalized spacial score (nSPS) is 18.7. The van der Waals surface area contributed by atoms with Crippen LogP contribution in [0.5, 0.6) is 0 Å². The third-order valence-corrected chi connectivity index (χ3v) is 3.56. The van der Waals surface area contributed by atoms with Gasteiger partial charge < -0.3 is 10.6 Å². The lowest BCUT2D eigenvalue weighted by atomic mass is 10.1. The second kappa shape index (κ2) is 5.93. The largest absolute Gasteiger partial charge is 0.339 e. The number of carbonyl (C=O) groups excluding carboxylic acids is 1. The molecule has 98 valence electrons. The van der Waals surface area contributed by atoms with E-state index in [2.05, 4.69) is 22.9 Å². The Labute approximate surface area is 108 Å². The Kier molecular flexibility index (Phi) is 4.28. The molecule has 1 atom stereocenters. The predicted molar refractivity (Wildman–Crippen MR) is 69.9 cm³/mol. The molecule has 2 heterocycles. The number of carbonyl (C=O) groups is 1. The molecule has 1 aromatic heterocycles. The van der Waals surface area contributed by atoms with Crippen molar-refractivity contribution in [2.75, 3.05) is 32.7 Å². The summed E-state index contributed by atoms with van der Waals surface area (Å²) in [4.78, 5) is 19.8. The van der Waals surface area contributed by atoms with Crippen molar-refractivity contribution in [3.8, 4) is 0 Å². The van der Waals surface area contributed by atoms with Gasteiger partial charge in [-0.1, -0.05) is 6.07 Å². The van der Waals surface area contributed by atoms with Crippen LogP contribution in [0.25, 0.3) is 0 Å². The molecule has 1 aliphatic rings. The lowest BCUT2D eigenvalue weighted by Crippen LogP contribution is -2.50. The van der Waals surface area contributed by atoms with E-state index in [1.807, 2.05) is 17.2 Å². The summed E-state index contributed by atoms with van der Waals surface area (Å²) in [6.45, 7) is 5.60. The van der Waals surface area contributed by atoms with Gasteiger partial charge in [0.15, 0.2) is 0 Å². The number of nitrogens with two attached hydrogens (primary N) is 1. The van der Waals surface area contributed by atoms with Crippen LogP contribution in [-0.4, -0.2) is 53.4 Å². The topological polar surface area (TPSA) is 62.5 Å². The maximum Gasteiger partial charge on any atom is 0.236 e. The van der Waals surface area contributed by atoms with Crippen molar-refractivity contribution >= 4 is 5.91 Å². The number of hydrogen-bond acceptors (Lipinski definition) is 4. The van der Waals surface area contributed by atoms with Crippen LogP contribution in [-0.2, 0) is 4.79 Å². The van der Waals surface area contributed by atoms with E-state index < -0.39 is 0 Å². The highest BCUT2D eigenvalue weighted by Crippen LogP contribution is 2.20. The van der Waals surface area contributed by atoms with Crippen molar-refractivity contribution in [1.29, 1.82) is 0 Å². The minimum absolute atomic E-state index is 0.0451. The number of nitrogens with zero attached hydrogens (tertiary/aromatic N) is 3. The number of aromatic nitrogens is 1. The summed E-state index contributed by atoms with van der Waals surface area (Å²) in [5, 5.41) is 0. The molecule has 1 aliphatic heterocycles. The monoisotopic (exact) mass is 248 g/mol. The minimum Gasteiger partial charge on any atom is -0.339 e. The molecule has 1 unspecified atom stereocenters. The summed E-state index contributed by atoms with van der Waals surface area (Å²) in [6, 6.07) is 4.39. The summed E-state index contributed by atoms with van der Waals surface area (Å²) in [5.41, 5.74) is 6.59. The minimum atomic E-state index is 0.0451. The summed E-state index contributed by atoms with van der Waals surface area (Å²) in [7, 11) is 0. The number of amides is 1. The smallest absolute Gasteiger partial charge is 0.236 e. The first kappa shape index (κ1) is 13.0. The number of rotatable bonds is 3. The zero-order valence-electron chi connectivity index (χ0n) is 10.7. The maximum atomic E-state index is 11.5. The third-order valence-electron chi connectivity index (χ3n) is 3.56. The van der Waals surface area contributed by atoms with Crippen LogP contribution >= 0.6 is 0 Å². The van der Waals surface area contributed by atoms with Gasteiger partial charge in [-0.2, -0.15) is 0 Å². The Balaban J connectivity index is 1.92. The van der Waals surface area contributed by atoms with E-state index in [1.165, 1.54) is 5.56 Å². The molecule has 1 aromatic rings. The van der Waals surface area contributed by atoms with Crippen molar-refractivity contribution in [2.45, 2.75) is 13.0 Å². The van der Waals surface area contributed by atoms with Gasteiger partial charge in [0.25, 0.3) is 0 Å². The summed E-state index contributed by atoms with van der Waals surface area (Å²) >= 11 is 0. The van der Waals surface area contributed by atoms with Gasteiger partial charge in [-0.05, 0) is 18.6 Å². The average Bonchev–Trinajstić information content (AvgIpc) is 2.47. The zero-order chi connectivity index (χ0) is 13.0. The van der Waals surface area contributed by atoms with E-state index >= 15 is 0 Å². The first-order valence-electron chi connectivity index (χ1n) is 6.34. The molecule has 1 amide bonds. The Bertz CT molecular complexity index is 387. The van der Waals surface area contributed by atoms with Gasteiger partial charge in [0.05, 0.1) is 6.54 Å². The number of hydrogen-bond donors (Lipinski definition) is 1. The molecule has 0 radical (unpaired) electrons. The van der Waals surface area contributed by atoms with E-state index in [9.17, 15) is 4.79 Å². The predicted octanol–water partition coefficient (Wildman–Crippen LogP) is 0.246. The van der Waals surface area contributed by atoms with Crippen LogP contribution in [0, 0.1) is 0 Å². The van der Waals surface area contributed by atoms with Gasteiger partial charge in [-0.25, -0.2) is 0 Å². The molecule has 5 heteroatoms. The molecule has 5 nitrogen and oxygen atoms in total. The number of pyridine rings is 1. The molecular weight excluding hydrogens is 228 g/mol. The van der Waals surface area contributed by atoms with Crippen molar-refractivity contribution in [1.82, 2.24) is 14.8 Å². The van der Waals surface area contributed by atoms with E-state index in [0.717, 1.165) is 26.2 Å². The fraction of sp³-hybridized carbons (Fsp3) is 0.538. The summed E-state index contributed by atoms with van der Waals surface area (Å²) < 4.78 is 0. The van der Waals surface area contributed by atoms with Crippen molar-refractivity contribution in [2.24, 2.45) is 5.73 Å². The van der Waals surface area contributed by atoms with Crippen LogP contribution < -0.4 is 5.73 Å². The molecule has 0 saturated carbocycles. The third kappa shape index (κ3) is 2.86. The van der Waals surface area contributed by atoms with Gasteiger partial charge >= 0.3 is 0 Å². The van der Waals surface area contributed by atoms with Gasteiger partial charge in [-0.15, -0.1) is 0 Å². The molecule has 18 heavy (non-hydrogen) atoms. The first-order valence-corrected chi connectivity index (χ1v) is 6.34. The Morgan fingerprint density at radius 1 is 1.44 bits per heavy atom. The van der Waals surface area contributed by atoms with Crippen LogP contribution in [0.15, 0.2) is 24.5 Å². The van der Waals surface area contributed by atoms with E-state index in [0.29, 0.717) is 6.04 Å². The summed E-state index contributed by atoms with van der Waals surface area (Å²) in [6.07, 6.45) is 3.69. The Hall–Kier alpha value is -1.46. The molecule has 2 N–H and O–H groups in total. The molecule has 1 fully saturated rings. The highest BCUT2D eigenvalue weighted by molar-refractivity contribution is 5.78. The zero-order valence-corrected chi connectivity index (χ0v) is 10.7. The first-order chi connectivity index (χ1) is 8.72. The average molecular weight is 248 g/mol. The van der Waals surface area contributed by atoms with Crippen molar-refractivity contribution in [3.63, 3.8) is 0 Å². The maximum absolute atomic E-state index is 11.5. The highest BCUT2D eigenvalue weighted by atomic mass is 16.2. The molecule has 0 aliphatic carbocycles. The van der Waals surface area contributed by atoms with Gasteiger partial charge in [0.1, 0.15) is 0 Å². The van der Waals surface area contributed by atoms with Gasteiger partial charge in [0.2, 0.25) is 5.91 Å². The molecular formula is C13H20N4O. The fourth-order valence-electron chi connectivity index (χ4n) is 2.32. The molecule has 0 spiro atoms. The standard InChI is InChI=1S/C13H20N4O/c1-11(12-3-2-4-15-10-12)16-5-7-17(8-6-16)13(18)9-14/h2-4,10-11H,5-9,14H2,1H3. The van der Waals surface area contributed by atoms with Crippen molar-refractivity contribution in [3.05, 3.63) is 30.1 Å². The Morgan fingerprint density at radius 2 is 2.17 bits per heavy atom. The van der Waals surface area contributed by atoms with Crippen LogP contribution in [0.2, 0.25) is 0 Å². The highest BCUT2D eigenvalue weighted by Gasteiger charge is 2.23. The van der Waals surface area contributed by atoms with Crippen LogP contribution in [0.3, 0.4) is 0 Å². The summed E-state index contributed by atoms with van der Waals surface area (Å²) in [5.74, 6) is 0.0451. The SMILES string of the molecule is CC(c1cccnc1)N1CCN(C(=O)CN)CC1. The molecule has 2 rings (SSSR count).